The van der Waals surface area contributed by atoms with Gasteiger partial charge in [-0.3, -0.25) is 4.79 Å². The molecule has 0 N–H and O–H groups in total. The number of hydrogen-bond acceptors (Lipinski definition) is 3. The Morgan fingerprint density at radius 3 is 2.69 bits per heavy atom. The number of nitrogens with zero attached hydrogens (tertiary/aromatic N) is 1. The molecule has 0 bridgehead atoms. The van der Waals surface area contributed by atoms with E-state index in [0.29, 0.717) is 24.5 Å². The molecule has 0 aliphatic heterocycles. The topological polar surface area (TPSA) is 38.7 Å². The van der Waals surface area contributed by atoms with E-state index in [1.807, 2.05) is 0 Å². The summed E-state index contributed by atoms with van der Waals surface area (Å²) in [7, 11) is 0. The first-order valence-corrected chi connectivity index (χ1v) is 9.85. The maximum Gasteiger partial charge on any atom is 0.160 e. The molecule has 5 heteroatoms. The lowest BCUT2D eigenvalue weighted by Crippen LogP contribution is -2.17. The molecule has 0 spiro atoms. The fourth-order valence-electron chi connectivity index (χ4n) is 3.04. The van der Waals surface area contributed by atoms with E-state index in [4.69, 9.17) is 28.0 Å². The Morgan fingerprint density at radius 2 is 2.04 bits per heavy atom. The minimum Gasteiger partial charge on any atom is -0.392 e. The van der Waals surface area contributed by atoms with Gasteiger partial charge in [-0.05, 0) is 55.2 Å². The van der Waals surface area contributed by atoms with Crippen LogP contribution < -0.4 is 0 Å². The van der Waals surface area contributed by atoms with Crippen molar-refractivity contribution in [2.45, 2.75) is 51.4 Å². The molecule has 0 aromatic heterocycles. The van der Waals surface area contributed by atoms with Gasteiger partial charge in [-0.15, -0.1) is 0 Å². The molecule has 1 atom stereocenters. The third-order valence-corrected chi connectivity index (χ3v) is 5.11. The molecule has 0 amide bonds. The van der Waals surface area contributed by atoms with E-state index in [0.717, 1.165) is 31.3 Å². The Hall–Kier alpha value is -1.58. The summed E-state index contributed by atoms with van der Waals surface area (Å²) < 4.78 is 0. The number of Topliss-reactive ketones (excluding diaryl/α,β-unsaturated/α-hetero) is 1. The summed E-state index contributed by atoms with van der Waals surface area (Å²) in [6, 6.07) is 8.53. The molecule has 140 valence electrons. The van der Waals surface area contributed by atoms with E-state index in [1.54, 1.807) is 12.3 Å². The Labute approximate surface area is 165 Å². The van der Waals surface area contributed by atoms with Gasteiger partial charge in [0.2, 0.25) is 0 Å². The van der Waals surface area contributed by atoms with Gasteiger partial charge in [-0.1, -0.05) is 59.5 Å². The van der Waals surface area contributed by atoms with Crippen molar-refractivity contribution in [3.63, 3.8) is 0 Å². The maximum atomic E-state index is 12.5. The molecule has 0 heterocycles. The van der Waals surface area contributed by atoms with Crippen LogP contribution in [0.25, 0.3) is 0 Å². The molecule has 26 heavy (non-hydrogen) atoms. The monoisotopic (exact) mass is 393 g/mol. The highest BCUT2D eigenvalue weighted by Gasteiger charge is 2.27. The van der Waals surface area contributed by atoms with E-state index in [9.17, 15) is 4.79 Å². The van der Waals surface area contributed by atoms with Crippen LogP contribution in [0.2, 0.25) is 0 Å². The molecule has 0 radical (unpaired) electrons. The summed E-state index contributed by atoms with van der Waals surface area (Å²) in [4.78, 5) is 17.5. The Morgan fingerprint density at radius 1 is 1.27 bits per heavy atom. The van der Waals surface area contributed by atoms with Crippen LogP contribution in [0.5, 0.6) is 0 Å². The van der Waals surface area contributed by atoms with Gasteiger partial charge in [0.05, 0.1) is 0 Å². The van der Waals surface area contributed by atoms with E-state index in [2.05, 4.69) is 36.3 Å². The molecule has 1 unspecified atom stereocenters. The van der Waals surface area contributed by atoms with Crippen molar-refractivity contribution in [3.8, 4) is 0 Å². The van der Waals surface area contributed by atoms with Crippen LogP contribution >= 0.6 is 23.2 Å². The Bertz CT molecular complexity index is 678. The number of ketones is 1. The first kappa shape index (κ1) is 20.7. The van der Waals surface area contributed by atoms with Gasteiger partial charge in [0.25, 0.3) is 0 Å². The Kier molecular flexibility index (Phi) is 8.93. The van der Waals surface area contributed by atoms with Crippen LogP contribution in [-0.4, -0.2) is 18.6 Å². The van der Waals surface area contributed by atoms with Gasteiger partial charge >= 0.3 is 0 Å². The number of allylic oxidation sites excluding steroid dienone is 2. The van der Waals surface area contributed by atoms with Crippen LogP contribution in [0, 0.1) is 0 Å². The second kappa shape index (κ2) is 11.2. The summed E-state index contributed by atoms with van der Waals surface area (Å²) in [6.07, 6.45) is 7.94. The van der Waals surface area contributed by atoms with Crippen LogP contribution in [0.4, 0.5) is 0 Å². The van der Waals surface area contributed by atoms with E-state index < -0.39 is 0 Å². The number of carbonyl (C=O) groups excluding carboxylic acids is 1. The van der Waals surface area contributed by atoms with Crippen molar-refractivity contribution in [3.05, 3.63) is 57.6 Å². The minimum absolute atomic E-state index is 0.172. The van der Waals surface area contributed by atoms with Gasteiger partial charge in [0.1, 0.15) is 6.61 Å². The summed E-state index contributed by atoms with van der Waals surface area (Å²) >= 11 is 11.8. The first-order chi connectivity index (χ1) is 12.7. The first-order valence-electron chi connectivity index (χ1n) is 9.04. The Balaban J connectivity index is 1.85. The number of oxime groups is 1. The van der Waals surface area contributed by atoms with Gasteiger partial charge in [0, 0.05) is 28.8 Å². The van der Waals surface area contributed by atoms with E-state index in [-0.39, 0.29) is 11.7 Å². The number of carbonyl (C=O) groups is 1. The van der Waals surface area contributed by atoms with Gasteiger partial charge in [-0.2, -0.15) is 0 Å². The molecule has 0 saturated carbocycles. The molecule has 3 nitrogen and oxygen atoms in total. The number of aryl methyl sites for hydroxylation is 1. The molecule has 0 saturated heterocycles. The van der Waals surface area contributed by atoms with Crippen molar-refractivity contribution in [1.82, 2.24) is 0 Å². The second-order valence-electron chi connectivity index (χ2n) is 6.34. The van der Waals surface area contributed by atoms with Crippen LogP contribution in [0.1, 0.15) is 56.1 Å². The predicted molar refractivity (Wildman–Crippen MR) is 109 cm³/mol. The quantitative estimate of drug-likeness (QED) is 0.288. The number of hydrogen-bond donors (Lipinski definition) is 0. The van der Waals surface area contributed by atoms with Crippen molar-refractivity contribution in [2.24, 2.45) is 5.16 Å². The van der Waals surface area contributed by atoms with Crippen LogP contribution in [0.3, 0.4) is 0 Å². The van der Waals surface area contributed by atoms with Crippen molar-refractivity contribution < 1.29 is 9.63 Å². The summed E-state index contributed by atoms with van der Waals surface area (Å²) in [6.45, 7) is 2.49. The normalized spacial score (nSPS) is 18.3. The molecule has 1 aromatic rings. The minimum atomic E-state index is 0.172. The molecular formula is C21H25Cl2NO2. The molecule has 2 rings (SSSR count). The highest BCUT2D eigenvalue weighted by atomic mass is 35.5. The number of unbranched alkanes of at least 4 members (excludes halogenated alkanes) is 1. The fraction of sp³-hybridized carbons (Fsp3) is 0.429. The lowest BCUT2D eigenvalue weighted by atomic mass is 9.82. The fourth-order valence-corrected chi connectivity index (χ4v) is 3.50. The third-order valence-electron chi connectivity index (χ3n) is 4.55. The zero-order chi connectivity index (χ0) is 18.8. The van der Waals surface area contributed by atoms with Crippen molar-refractivity contribution in [2.75, 3.05) is 6.61 Å². The highest BCUT2D eigenvalue weighted by molar-refractivity contribution is 6.32. The van der Waals surface area contributed by atoms with Gasteiger partial charge in [0.15, 0.2) is 5.78 Å². The standard InChI is InChI=1S/C21H25Cl2NO2/c1-2-16-7-9-17(10-8-16)18-14-20(23)19(21(25)15-18)6-3-4-12-24-26-13-5-11-22/h5,7-12,18H,2-4,6,13-15H2,1H3. The number of benzene rings is 1. The summed E-state index contributed by atoms with van der Waals surface area (Å²) in [5, 5.41) is 4.54. The molecule has 1 aliphatic rings. The zero-order valence-electron chi connectivity index (χ0n) is 15.1. The highest BCUT2D eigenvalue weighted by Crippen LogP contribution is 2.37. The van der Waals surface area contributed by atoms with Crippen LogP contribution in [0.15, 0.2) is 51.6 Å². The second-order valence-corrected chi connectivity index (χ2v) is 7.05. The number of halogens is 2. The molecule has 1 aromatic carbocycles. The average molecular weight is 394 g/mol. The van der Waals surface area contributed by atoms with E-state index in [1.165, 1.54) is 16.7 Å². The molecular weight excluding hydrogens is 369 g/mol. The van der Waals surface area contributed by atoms with Crippen molar-refractivity contribution in [1.29, 1.82) is 0 Å². The average Bonchev–Trinajstić information content (AvgIpc) is 2.65. The largest absolute Gasteiger partial charge is 0.392 e. The smallest absolute Gasteiger partial charge is 0.160 e. The molecule has 0 fully saturated rings. The third kappa shape index (κ3) is 6.30. The summed E-state index contributed by atoms with van der Waals surface area (Å²) in [5.74, 6) is 0.362. The predicted octanol–water partition coefficient (Wildman–Crippen LogP) is 6.11. The number of rotatable bonds is 9. The maximum absolute atomic E-state index is 12.5. The van der Waals surface area contributed by atoms with E-state index >= 15 is 0 Å². The lowest BCUT2D eigenvalue weighted by molar-refractivity contribution is -0.116. The lowest BCUT2D eigenvalue weighted by Gasteiger charge is -2.24. The SMILES string of the molecule is CCc1ccc(C2CC(=O)C(CCCC=NOCC=CCl)=C(Cl)C2)cc1. The summed E-state index contributed by atoms with van der Waals surface area (Å²) in [5.41, 5.74) is 4.68. The van der Waals surface area contributed by atoms with Crippen molar-refractivity contribution >= 4 is 35.2 Å². The van der Waals surface area contributed by atoms with Gasteiger partial charge < -0.3 is 4.84 Å². The van der Waals surface area contributed by atoms with Crippen LogP contribution in [-0.2, 0) is 16.1 Å². The molecule has 1 aliphatic carbocycles. The van der Waals surface area contributed by atoms with Gasteiger partial charge in [-0.25, -0.2) is 0 Å². The zero-order valence-corrected chi connectivity index (χ0v) is 16.6.